The second kappa shape index (κ2) is 9.49. The van der Waals surface area contributed by atoms with Crippen molar-refractivity contribution < 1.29 is 14.3 Å². The molecule has 2 N–H and O–H groups in total. The van der Waals surface area contributed by atoms with Crippen LogP contribution in [0.15, 0.2) is 66.9 Å². The van der Waals surface area contributed by atoms with Gasteiger partial charge in [0.05, 0.1) is 19.9 Å². The highest BCUT2D eigenvalue weighted by Gasteiger charge is 2.22. The molecule has 0 aliphatic carbocycles. The number of carbonyl (C=O) groups is 1. The molecule has 4 rings (SSSR count). The van der Waals surface area contributed by atoms with E-state index in [2.05, 4.69) is 32.7 Å². The molecule has 0 radical (unpaired) electrons. The van der Waals surface area contributed by atoms with Gasteiger partial charge < -0.3 is 25.0 Å². The van der Waals surface area contributed by atoms with E-state index in [9.17, 15) is 4.79 Å². The molecule has 3 aromatic rings. The number of pyridine rings is 1. The van der Waals surface area contributed by atoms with E-state index in [1.807, 2.05) is 24.3 Å². The number of piperazine rings is 1. The van der Waals surface area contributed by atoms with Crippen molar-refractivity contribution in [3.05, 3.63) is 78.0 Å². The molecule has 0 bridgehead atoms. The summed E-state index contributed by atoms with van der Waals surface area (Å²) in [5.74, 6) is 1.76. The van der Waals surface area contributed by atoms with Crippen LogP contribution in [0.25, 0.3) is 0 Å². The van der Waals surface area contributed by atoms with Gasteiger partial charge in [-0.1, -0.05) is 30.3 Å². The van der Waals surface area contributed by atoms with Crippen LogP contribution in [0.4, 0.5) is 11.5 Å². The number of hydrogen-bond acceptors (Lipinski definition) is 6. The first kappa shape index (κ1) is 20.7. The predicted molar refractivity (Wildman–Crippen MR) is 121 cm³/mol. The first-order valence-corrected chi connectivity index (χ1v) is 10.2. The minimum atomic E-state index is -0.232. The van der Waals surface area contributed by atoms with Crippen molar-refractivity contribution in [1.82, 2.24) is 10.3 Å². The number of anilines is 2. The van der Waals surface area contributed by atoms with Gasteiger partial charge in [-0.05, 0) is 29.8 Å². The van der Waals surface area contributed by atoms with Crippen LogP contribution in [-0.2, 0) is 0 Å². The summed E-state index contributed by atoms with van der Waals surface area (Å²) in [7, 11) is 3.15. The maximum absolute atomic E-state index is 12.9. The predicted octanol–water partition coefficient (Wildman–Crippen LogP) is 3.50. The lowest BCUT2D eigenvalue weighted by molar-refractivity contribution is 0.102. The van der Waals surface area contributed by atoms with Crippen LogP contribution in [0.2, 0.25) is 0 Å². The topological polar surface area (TPSA) is 75.7 Å². The number of rotatable bonds is 6. The zero-order valence-electron chi connectivity index (χ0n) is 17.7. The van der Waals surface area contributed by atoms with Gasteiger partial charge in [0, 0.05) is 43.5 Å². The molecule has 0 unspecified atom stereocenters. The van der Waals surface area contributed by atoms with Gasteiger partial charge in [0.1, 0.15) is 17.3 Å². The van der Waals surface area contributed by atoms with E-state index in [-0.39, 0.29) is 11.9 Å². The van der Waals surface area contributed by atoms with Gasteiger partial charge in [-0.3, -0.25) is 4.79 Å². The molecule has 1 aromatic heterocycles. The number of carbonyl (C=O) groups excluding carboxylic acids is 1. The van der Waals surface area contributed by atoms with E-state index in [0.29, 0.717) is 22.7 Å². The summed E-state index contributed by atoms with van der Waals surface area (Å²) in [6, 6.07) is 19.4. The number of ether oxygens (including phenoxy) is 2. The van der Waals surface area contributed by atoms with E-state index in [4.69, 9.17) is 9.47 Å². The van der Waals surface area contributed by atoms with Crippen LogP contribution in [0, 0.1) is 0 Å². The number of nitrogens with one attached hydrogen (secondary N) is 2. The molecule has 0 saturated carbocycles. The summed E-state index contributed by atoms with van der Waals surface area (Å²) < 4.78 is 10.6. The van der Waals surface area contributed by atoms with Crippen molar-refractivity contribution in [3.63, 3.8) is 0 Å². The Morgan fingerprint density at radius 1 is 1.10 bits per heavy atom. The lowest BCUT2D eigenvalue weighted by Gasteiger charge is -2.34. The van der Waals surface area contributed by atoms with Crippen LogP contribution in [0.5, 0.6) is 11.5 Å². The Morgan fingerprint density at radius 3 is 2.71 bits per heavy atom. The smallest absolute Gasteiger partial charge is 0.255 e. The summed E-state index contributed by atoms with van der Waals surface area (Å²) >= 11 is 0. The first-order chi connectivity index (χ1) is 15.2. The van der Waals surface area contributed by atoms with Crippen molar-refractivity contribution in [3.8, 4) is 11.5 Å². The normalized spacial score (nSPS) is 15.9. The van der Waals surface area contributed by atoms with E-state index in [0.717, 1.165) is 25.5 Å². The average molecular weight is 418 g/mol. The van der Waals surface area contributed by atoms with E-state index < -0.39 is 0 Å². The van der Waals surface area contributed by atoms with Crippen molar-refractivity contribution >= 4 is 17.4 Å². The molecule has 7 nitrogen and oxygen atoms in total. The Balaban J connectivity index is 1.51. The fourth-order valence-corrected chi connectivity index (χ4v) is 3.71. The quantitative estimate of drug-likeness (QED) is 0.638. The van der Waals surface area contributed by atoms with Gasteiger partial charge in [0.25, 0.3) is 5.91 Å². The third-order valence-electron chi connectivity index (χ3n) is 5.36. The molecule has 1 aliphatic heterocycles. The number of hydrogen-bond donors (Lipinski definition) is 2. The zero-order valence-corrected chi connectivity index (χ0v) is 17.7. The van der Waals surface area contributed by atoms with Crippen LogP contribution in [0.3, 0.4) is 0 Å². The summed E-state index contributed by atoms with van der Waals surface area (Å²) in [6.07, 6.45) is 1.67. The molecule has 1 saturated heterocycles. The number of aromatic nitrogens is 1. The molecule has 1 amide bonds. The van der Waals surface area contributed by atoms with Gasteiger partial charge in [0.15, 0.2) is 0 Å². The summed E-state index contributed by atoms with van der Waals surface area (Å²) in [4.78, 5) is 19.7. The van der Waals surface area contributed by atoms with E-state index >= 15 is 0 Å². The molecule has 0 spiro atoms. The Hall–Kier alpha value is -3.58. The minimum absolute atomic E-state index is 0.218. The van der Waals surface area contributed by atoms with E-state index in [1.54, 1.807) is 44.7 Å². The molecule has 2 aromatic carbocycles. The highest BCUT2D eigenvalue weighted by Crippen LogP contribution is 2.29. The van der Waals surface area contributed by atoms with Gasteiger partial charge in [0.2, 0.25) is 0 Å². The molecule has 7 heteroatoms. The highest BCUT2D eigenvalue weighted by molar-refractivity contribution is 6.05. The molecule has 1 atom stereocenters. The van der Waals surface area contributed by atoms with Gasteiger partial charge in [-0.2, -0.15) is 0 Å². The molecule has 31 heavy (non-hydrogen) atoms. The van der Waals surface area contributed by atoms with E-state index in [1.165, 1.54) is 5.56 Å². The lowest BCUT2D eigenvalue weighted by Crippen LogP contribution is -2.46. The summed E-state index contributed by atoms with van der Waals surface area (Å²) in [5.41, 5.74) is 2.33. The van der Waals surface area contributed by atoms with Crippen molar-refractivity contribution in [2.45, 2.75) is 6.04 Å². The SMILES string of the molecule is COc1ccc(OC)c(NC(=O)c2ccnc(N3CCN[C@@H](c4ccccc4)C3)c2)c1. The van der Waals surface area contributed by atoms with Crippen LogP contribution in [-0.4, -0.2) is 44.7 Å². The van der Waals surface area contributed by atoms with Crippen LogP contribution < -0.4 is 25.0 Å². The van der Waals surface area contributed by atoms with Crippen LogP contribution >= 0.6 is 0 Å². The minimum Gasteiger partial charge on any atom is -0.497 e. The second-order valence-corrected chi connectivity index (χ2v) is 7.29. The largest absolute Gasteiger partial charge is 0.497 e. The molecular weight excluding hydrogens is 392 g/mol. The van der Waals surface area contributed by atoms with Gasteiger partial charge >= 0.3 is 0 Å². The van der Waals surface area contributed by atoms with Crippen molar-refractivity contribution in [1.29, 1.82) is 0 Å². The van der Waals surface area contributed by atoms with Crippen molar-refractivity contribution in [2.24, 2.45) is 0 Å². The molecule has 1 aliphatic rings. The Morgan fingerprint density at radius 2 is 1.94 bits per heavy atom. The summed E-state index contributed by atoms with van der Waals surface area (Å²) in [5, 5.41) is 6.47. The zero-order chi connectivity index (χ0) is 21.6. The monoisotopic (exact) mass is 418 g/mol. The second-order valence-electron chi connectivity index (χ2n) is 7.29. The number of methoxy groups -OCH3 is 2. The van der Waals surface area contributed by atoms with Crippen LogP contribution in [0.1, 0.15) is 22.0 Å². The average Bonchev–Trinajstić information content (AvgIpc) is 2.84. The third-order valence-corrected chi connectivity index (χ3v) is 5.36. The molecule has 2 heterocycles. The Labute approximate surface area is 182 Å². The molecule has 1 fully saturated rings. The number of benzene rings is 2. The number of amides is 1. The fourth-order valence-electron chi connectivity index (χ4n) is 3.71. The number of nitrogens with zero attached hydrogens (tertiary/aromatic N) is 2. The lowest BCUT2D eigenvalue weighted by atomic mass is 10.0. The summed E-state index contributed by atoms with van der Waals surface area (Å²) in [6.45, 7) is 2.45. The first-order valence-electron chi connectivity index (χ1n) is 10.2. The molecular formula is C24H26N4O3. The third kappa shape index (κ3) is 4.78. The van der Waals surface area contributed by atoms with Crippen molar-refractivity contribution in [2.75, 3.05) is 44.1 Å². The van der Waals surface area contributed by atoms with Gasteiger partial charge in [-0.25, -0.2) is 4.98 Å². The highest BCUT2D eigenvalue weighted by atomic mass is 16.5. The van der Waals surface area contributed by atoms with Gasteiger partial charge in [-0.15, -0.1) is 0 Å². The fraction of sp³-hybridized carbons (Fsp3) is 0.250. The Bertz CT molecular complexity index is 1040. The maximum atomic E-state index is 12.9. The standard InChI is InChI=1S/C24H26N4O3/c1-30-19-8-9-22(31-2)20(15-19)27-24(29)18-10-11-26-23(14-18)28-13-12-25-21(16-28)17-6-4-3-5-7-17/h3-11,14-15,21,25H,12-13,16H2,1-2H3,(H,27,29)/t21-/m1/s1. The Kier molecular flexibility index (Phi) is 6.33. The maximum Gasteiger partial charge on any atom is 0.255 e. The molecule has 160 valence electrons.